The van der Waals surface area contributed by atoms with Crippen LogP contribution in [0.25, 0.3) is 0 Å². The molecule has 0 aliphatic carbocycles. The molecule has 0 aliphatic rings. The van der Waals surface area contributed by atoms with Gasteiger partial charge in [-0.1, -0.05) is 13.8 Å². The zero-order chi connectivity index (χ0) is 7.98. The van der Waals surface area contributed by atoms with E-state index < -0.39 is 0 Å². The summed E-state index contributed by atoms with van der Waals surface area (Å²) in [5.41, 5.74) is 1.23. The largest absolute Gasteiger partial charge is 0.311 e. The van der Waals surface area contributed by atoms with Gasteiger partial charge in [0.25, 0.3) is 0 Å². The number of aromatic nitrogens is 1. The number of nitrogens with zero attached hydrogens (tertiary/aromatic N) is 1. The maximum absolute atomic E-state index is 3.02. The Morgan fingerprint density at radius 3 is 2.18 bits per heavy atom. The molecule has 0 spiro atoms. The Hall–Kier alpha value is 0.254. The molecule has 0 aromatic carbocycles. The number of aryl methyl sites for hydroxylation is 2. The van der Waals surface area contributed by atoms with Crippen molar-refractivity contribution in [2.45, 2.75) is 20.8 Å². The van der Waals surface area contributed by atoms with Gasteiger partial charge in [0.1, 0.15) is 13.2 Å². The van der Waals surface area contributed by atoms with Gasteiger partial charge < -0.3 is 4.57 Å². The summed E-state index contributed by atoms with van der Waals surface area (Å²) in [6.07, 6.45) is 3.02. The van der Waals surface area contributed by atoms with Crippen molar-refractivity contribution < 1.29 is 37.3 Å². The fraction of sp³-hybridized carbons (Fsp3) is 0.444. The van der Waals surface area contributed by atoms with E-state index in [2.05, 4.69) is 19.2 Å². The fourth-order valence-electron chi connectivity index (χ4n) is 0.556. The van der Waals surface area contributed by atoms with Gasteiger partial charge in [-0.3, -0.25) is 0 Å². The number of hydrogen-bond donors (Lipinski definition) is 0. The summed E-state index contributed by atoms with van der Waals surface area (Å²) in [5.74, 6) is 0. The van der Waals surface area contributed by atoms with Crippen LogP contribution in [0.1, 0.15) is 19.5 Å². The Morgan fingerprint density at radius 2 is 1.91 bits per heavy atom. The molecule has 0 N–H and O–H groups in total. The molecule has 0 fully saturated rings. The van der Waals surface area contributed by atoms with Gasteiger partial charge >= 0.3 is 0 Å². The number of pyridine rings is 1. The monoisotopic (exact) mass is 226 g/mol. The second-order valence-electron chi connectivity index (χ2n) is 1.86. The maximum Gasteiger partial charge on any atom is 0.115 e. The average Bonchev–Trinajstić information content (AvgIpc) is 2.00. The molecule has 1 aromatic rings. The molecule has 0 saturated carbocycles. The second-order valence-corrected chi connectivity index (χ2v) is 1.86. The standard InChI is InChI=1S/C7H9N.C2H6.Y/c1-7-5-3-4-6-8(7)2;1-2;/h3-5H,1-2H3;1-2H3;. The maximum atomic E-state index is 3.02. The second kappa shape index (κ2) is 8.35. The molecular formula is C9H15NY. The normalized spacial score (nSPS) is 7.27. The molecule has 0 atom stereocenters. The molecule has 1 radical (unpaired) electrons. The molecule has 0 unspecified atom stereocenters. The Labute approximate surface area is 94.7 Å². The third-order valence-corrected chi connectivity index (χ3v) is 1.23. The van der Waals surface area contributed by atoms with E-state index in [9.17, 15) is 0 Å². The SMILES string of the molecule is CC.Cc1ccc[c-][n+]1C.[Y]. The Kier molecular flexibility index (Phi) is 10.5. The summed E-state index contributed by atoms with van der Waals surface area (Å²) in [7, 11) is 1.98. The molecule has 2 heteroatoms. The van der Waals surface area contributed by atoms with Crippen LogP contribution in [0.2, 0.25) is 0 Å². The third kappa shape index (κ3) is 5.52. The summed E-state index contributed by atoms with van der Waals surface area (Å²) in [4.78, 5) is 0. The topological polar surface area (TPSA) is 3.88 Å². The van der Waals surface area contributed by atoms with Crippen molar-refractivity contribution in [2.75, 3.05) is 0 Å². The van der Waals surface area contributed by atoms with Gasteiger partial charge in [-0.25, -0.2) is 0 Å². The molecule has 1 rings (SSSR count). The Balaban J connectivity index is 0. The predicted molar refractivity (Wildman–Crippen MR) is 42.5 cm³/mol. The zero-order valence-corrected chi connectivity index (χ0v) is 10.6. The first-order chi connectivity index (χ1) is 4.80. The molecule has 0 aliphatic heterocycles. The number of rotatable bonds is 0. The van der Waals surface area contributed by atoms with E-state index in [4.69, 9.17) is 0 Å². The van der Waals surface area contributed by atoms with Crippen LogP contribution >= 0.6 is 0 Å². The van der Waals surface area contributed by atoms with Crippen LogP contribution in [-0.2, 0) is 39.8 Å². The van der Waals surface area contributed by atoms with Crippen molar-refractivity contribution in [1.29, 1.82) is 0 Å². The van der Waals surface area contributed by atoms with E-state index >= 15 is 0 Å². The van der Waals surface area contributed by atoms with Gasteiger partial charge in [0.15, 0.2) is 0 Å². The van der Waals surface area contributed by atoms with E-state index in [1.165, 1.54) is 5.69 Å². The first kappa shape index (κ1) is 13.8. The van der Waals surface area contributed by atoms with Crippen LogP contribution in [0.3, 0.4) is 0 Å². The van der Waals surface area contributed by atoms with E-state index in [0.717, 1.165) is 0 Å². The van der Waals surface area contributed by atoms with E-state index in [1.54, 1.807) is 0 Å². The zero-order valence-electron chi connectivity index (χ0n) is 7.76. The smallest absolute Gasteiger partial charge is 0.115 e. The van der Waals surface area contributed by atoms with Gasteiger partial charge in [0.05, 0.1) is 5.69 Å². The third-order valence-electron chi connectivity index (χ3n) is 1.23. The summed E-state index contributed by atoms with van der Waals surface area (Å²) in [6, 6.07) is 5.93. The first-order valence-corrected chi connectivity index (χ1v) is 3.64. The Morgan fingerprint density at radius 1 is 1.36 bits per heavy atom. The minimum Gasteiger partial charge on any atom is -0.311 e. The molecule has 59 valence electrons. The number of hydrogen-bond acceptors (Lipinski definition) is 0. The molecule has 0 amide bonds. The quantitative estimate of drug-likeness (QED) is 0.467. The van der Waals surface area contributed by atoms with Crippen LogP contribution in [-0.4, -0.2) is 0 Å². The van der Waals surface area contributed by atoms with Crippen molar-refractivity contribution in [1.82, 2.24) is 0 Å². The molecule has 11 heavy (non-hydrogen) atoms. The van der Waals surface area contributed by atoms with Crippen molar-refractivity contribution in [2.24, 2.45) is 7.05 Å². The fourth-order valence-corrected chi connectivity index (χ4v) is 0.556. The summed E-state index contributed by atoms with van der Waals surface area (Å²) in [6.45, 7) is 6.05. The van der Waals surface area contributed by atoms with E-state index in [1.807, 2.05) is 37.6 Å². The summed E-state index contributed by atoms with van der Waals surface area (Å²) < 4.78 is 1.96. The summed E-state index contributed by atoms with van der Waals surface area (Å²) >= 11 is 0. The minimum atomic E-state index is 0. The molecular weight excluding hydrogens is 211 g/mol. The first-order valence-electron chi connectivity index (χ1n) is 3.64. The minimum absolute atomic E-state index is 0. The van der Waals surface area contributed by atoms with Gasteiger partial charge in [0, 0.05) is 32.7 Å². The molecule has 0 bridgehead atoms. The Bertz CT molecular complexity index is 166. The van der Waals surface area contributed by atoms with Crippen molar-refractivity contribution in [3.8, 4) is 0 Å². The van der Waals surface area contributed by atoms with Crippen LogP contribution < -0.4 is 4.57 Å². The molecule has 0 saturated heterocycles. The molecule has 1 heterocycles. The van der Waals surface area contributed by atoms with Crippen LogP contribution in [0, 0.1) is 13.1 Å². The van der Waals surface area contributed by atoms with Crippen molar-refractivity contribution in [3.05, 3.63) is 30.1 Å². The molecule has 1 nitrogen and oxygen atoms in total. The van der Waals surface area contributed by atoms with Crippen LogP contribution in [0.15, 0.2) is 18.2 Å². The van der Waals surface area contributed by atoms with Gasteiger partial charge in [0.2, 0.25) is 0 Å². The van der Waals surface area contributed by atoms with Crippen molar-refractivity contribution in [3.63, 3.8) is 0 Å². The van der Waals surface area contributed by atoms with Gasteiger partial charge in [-0.15, -0.1) is 12.1 Å². The molecule has 1 aromatic heterocycles. The van der Waals surface area contributed by atoms with Crippen LogP contribution in [0.4, 0.5) is 0 Å². The van der Waals surface area contributed by atoms with E-state index in [-0.39, 0.29) is 32.7 Å². The van der Waals surface area contributed by atoms with Crippen molar-refractivity contribution >= 4 is 0 Å². The van der Waals surface area contributed by atoms with Gasteiger partial charge in [-0.05, 0) is 6.92 Å². The van der Waals surface area contributed by atoms with Gasteiger partial charge in [-0.2, -0.15) is 6.07 Å². The predicted octanol–water partition coefficient (Wildman–Crippen LogP) is 1.64. The summed E-state index contributed by atoms with van der Waals surface area (Å²) in [5, 5.41) is 0. The van der Waals surface area contributed by atoms with Crippen LogP contribution in [0.5, 0.6) is 0 Å². The average molecular weight is 226 g/mol. The van der Waals surface area contributed by atoms with E-state index in [0.29, 0.717) is 0 Å².